The molecule has 0 atom stereocenters. The first-order valence-corrected chi connectivity index (χ1v) is 17.6. The van der Waals surface area contributed by atoms with Crippen molar-refractivity contribution in [2.45, 2.75) is 18.8 Å². The number of urea groups is 1. The van der Waals surface area contributed by atoms with Crippen molar-refractivity contribution in [2.24, 2.45) is 0 Å². The second-order valence-electron chi connectivity index (χ2n) is 9.52. The number of amides is 2. The molecule has 0 saturated carbocycles. The van der Waals surface area contributed by atoms with Gasteiger partial charge in [0.2, 0.25) is 10.0 Å². The van der Waals surface area contributed by atoms with E-state index >= 15 is 0 Å². The molecular formula is C30H33ClN4O3S3. The number of nitrogens with one attached hydrogen (secondary N) is 2. The van der Waals surface area contributed by atoms with Crippen LogP contribution in [0.4, 0.5) is 15.6 Å². The van der Waals surface area contributed by atoms with Crippen molar-refractivity contribution >= 4 is 61.6 Å². The largest absolute Gasteiger partial charge is 0.324 e. The molecule has 1 heterocycles. The first-order chi connectivity index (χ1) is 19.7. The molecule has 2 N–H and O–H groups in total. The molecule has 0 bridgehead atoms. The number of nitrogens with zero attached hydrogens (tertiary/aromatic N) is 2. The van der Waals surface area contributed by atoms with Crippen molar-refractivity contribution in [2.75, 3.05) is 41.4 Å². The molecular weight excluding hydrogens is 596 g/mol. The van der Waals surface area contributed by atoms with E-state index in [0.717, 1.165) is 30.4 Å². The smallest absolute Gasteiger partial charge is 0.323 e. The minimum atomic E-state index is -3.37. The fourth-order valence-corrected chi connectivity index (χ4v) is 6.57. The van der Waals surface area contributed by atoms with Crippen LogP contribution in [0.3, 0.4) is 0 Å². The fourth-order valence-electron chi connectivity index (χ4n) is 4.51. The number of rotatable bonds is 13. The van der Waals surface area contributed by atoms with Gasteiger partial charge in [-0.05, 0) is 48.1 Å². The Morgan fingerprint density at radius 3 is 2.15 bits per heavy atom. The Kier molecular flexibility index (Phi) is 11.1. The molecule has 0 aliphatic carbocycles. The number of halogens is 1. The summed E-state index contributed by atoms with van der Waals surface area (Å²) in [6.45, 7) is 1.21. The van der Waals surface area contributed by atoms with Crippen molar-refractivity contribution in [1.29, 1.82) is 0 Å². The van der Waals surface area contributed by atoms with Crippen LogP contribution in [0.5, 0.6) is 0 Å². The van der Waals surface area contributed by atoms with Crippen LogP contribution >= 0.6 is 34.7 Å². The average Bonchev–Trinajstić information content (AvgIpc) is 3.32. The Morgan fingerprint density at radius 2 is 1.59 bits per heavy atom. The Bertz CT molecular complexity index is 1480. The summed E-state index contributed by atoms with van der Waals surface area (Å²) in [7, 11) is -3.37. The van der Waals surface area contributed by atoms with E-state index in [1.165, 1.54) is 22.5 Å². The third-order valence-corrected chi connectivity index (χ3v) is 8.89. The number of thioether (sulfide) groups is 1. The van der Waals surface area contributed by atoms with E-state index < -0.39 is 10.0 Å². The molecule has 0 aliphatic rings. The van der Waals surface area contributed by atoms with Crippen molar-refractivity contribution < 1.29 is 13.2 Å². The van der Waals surface area contributed by atoms with Gasteiger partial charge in [-0.25, -0.2) is 18.2 Å². The van der Waals surface area contributed by atoms with E-state index in [0.29, 0.717) is 33.9 Å². The summed E-state index contributed by atoms with van der Waals surface area (Å²) < 4.78 is 25.9. The van der Waals surface area contributed by atoms with E-state index in [4.69, 9.17) is 11.6 Å². The highest BCUT2D eigenvalue weighted by Crippen LogP contribution is 2.36. The van der Waals surface area contributed by atoms with E-state index in [9.17, 15) is 13.2 Å². The lowest BCUT2D eigenvalue weighted by atomic mass is 9.88. The molecule has 0 aliphatic heterocycles. The molecule has 41 heavy (non-hydrogen) atoms. The minimum Gasteiger partial charge on any atom is -0.324 e. The molecule has 0 unspecified atom stereocenters. The molecule has 3 aromatic carbocycles. The van der Waals surface area contributed by atoms with Crippen LogP contribution in [0.25, 0.3) is 11.3 Å². The average molecular weight is 629 g/mol. The van der Waals surface area contributed by atoms with E-state index in [1.807, 2.05) is 41.3 Å². The topological polar surface area (TPSA) is 91.4 Å². The van der Waals surface area contributed by atoms with Gasteiger partial charge in [-0.15, -0.1) is 0 Å². The van der Waals surface area contributed by atoms with Gasteiger partial charge >= 0.3 is 6.03 Å². The normalized spacial score (nSPS) is 11.4. The zero-order chi connectivity index (χ0) is 29.2. The molecule has 216 valence electrons. The molecule has 4 rings (SSSR count). The molecule has 4 aromatic rings. The van der Waals surface area contributed by atoms with Gasteiger partial charge in [0.15, 0.2) is 5.13 Å². The highest BCUT2D eigenvalue weighted by atomic mass is 35.5. The Labute approximate surface area is 255 Å². The van der Waals surface area contributed by atoms with Crippen LogP contribution in [-0.2, 0) is 10.0 Å². The van der Waals surface area contributed by atoms with Gasteiger partial charge in [0.1, 0.15) is 10.0 Å². The summed E-state index contributed by atoms with van der Waals surface area (Å²) in [6.07, 6.45) is 4.82. The maximum atomic E-state index is 13.5. The number of hydrogen-bond acceptors (Lipinski definition) is 6. The molecule has 7 nitrogen and oxygen atoms in total. The van der Waals surface area contributed by atoms with Crippen LogP contribution in [-0.4, -0.2) is 55.7 Å². The van der Waals surface area contributed by atoms with Crippen molar-refractivity contribution in [1.82, 2.24) is 9.88 Å². The standard InChI is InChI=1S/C30H33ClN4O3S3/c1-39-21-9-19-35(20-18-26(22-10-5-3-6-11-22)23-12-7-4-8-13-23)30(36)33-29-32-27(28(31)40-29)24-14-16-25(17-15-24)34-41(2,37)38/h3-8,10-17,26,34H,9,18-21H2,1-2H3,(H,32,33,36). The molecule has 0 fully saturated rings. The molecule has 1 aromatic heterocycles. The number of sulfonamides is 1. The first-order valence-electron chi connectivity index (χ1n) is 13.1. The van der Waals surface area contributed by atoms with Crippen molar-refractivity contribution in [3.63, 3.8) is 0 Å². The first kappa shape index (κ1) is 30.9. The molecule has 0 radical (unpaired) electrons. The van der Waals surface area contributed by atoms with Crippen LogP contribution in [0, 0.1) is 0 Å². The summed E-state index contributed by atoms with van der Waals surface area (Å²) in [4.78, 5) is 19.9. The van der Waals surface area contributed by atoms with Gasteiger partial charge in [0.05, 0.1) is 6.26 Å². The quantitative estimate of drug-likeness (QED) is 0.148. The Morgan fingerprint density at radius 1 is 0.976 bits per heavy atom. The highest BCUT2D eigenvalue weighted by molar-refractivity contribution is 7.98. The number of thiazole rings is 1. The lowest BCUT2D eigenvalue weighted by Crippen LogP contribution is -2.37. The summed E-state index contributed by atoms with van der Waals surface area (Å²) in [6, 6.07) is 27.3. The molecule has 0 spiro atoms. The van der Waals surface area contributed by atoms with Crippen LogP contribution in [0.2, 0.25) is 4.34 Å². The predicted molar refractivity (Wildman–Crippen MR) is 174 cm³/mol. The summed E-state index contributed by atoms with van der Waals surface area (Å²) >= 11 is 9.46. The third kappa shape index (κ3) is 9.22. The van der Waals surface area contributed by atoms with Crippen LogP contribution < -0.4 is 10.0 Å². The second kappa shape index (κ2) is 14.7. The van der Waals surface area contributed by atoms with Gasteiger partial charge in [0, 0.05) is 30.3 Å². The lowest BCUT2D eigenvalue weighted by Gasteiger charge is -2.26. The number of aromatic nitrogens is 1. The number of carbonyl (C=O) groups excluding carboxylic acids is 1. The third-order valence-electron chi connectivity index (χ3n) is 6.42. The number of benzene rings is 3. The van der Waals surface area contributed by atoms with Gasteiger partial charge in [-0.1, -0.05) is 95.7 Å². The van der Waals surface area contributed by atoms with Crippen molar-refractivity contribution in [3.8, 4) is 11.3 Å². The van der Waals surface area contributed by atoms with Crippen LogP contribution in [0.1, 0.15) is 29.9 Å². The van der Waals surface area contributed by atoms with E-state index in [-0.39, 0.29) is 11.9 Å². The van der Waals surface area contributed by atoms with E-state index in [1.54, 1.807) is 36.0 Å². The molecule has 2 amide bonds. The SMILES string of the molecule is CSCCCN(CCC(c1ccccc1)c1ccccc1)C(=O)Nc1nc(-c2ccc(NS(C)(=O)=O)cc2)c(Cl)s1. The maximum absolute atomic E-state index is 13.5. The summed E-state index contributed by atoms with van der Waals surface area (Å²) in [5, 5.41) is 3.37. The Balaban J connectivity index is 1.48. The van der Waals surface area contributed by atoms with Crippen LogP contribution in [0.15, 0.2) is 84.9 Å². The fraction of sp³-hybridized carbons (Fsp3) is 0.267. The predicted octanol–water partition coefficient (Wildman–Crippen LogP) is 7.64. The number of anilines is 2. The zero-order valence-corrected chi connectivity index (χ0v) is 26.1. The summed E-state index contributed by atoms with van der Waals surface area (Å²) in [5.74, 6) is 1.12. The zero-order valence-electron chi connectivity index (χ0n) is 22.9. The van der Waals surface area contributed by atoms with E-state index in [2.05, 4.69) is 45.5 Å². The molecule has 0 saturated heterocycles. The van der Waals surface area contributed by atoms with Gasteiger partial charge < -0.3 is 4.90 Å². The minimum absolute atomic E-state index is 0.161. The lowest BCUT2D eigenvalue weighted by molar-refractivity contribution is 0.210. The monoisotopic (exact) mass is 628 g/mol. The van der Waals surface area contributed by atoms with Gasteiger partial charge in [-0.3, -0.25) is 10.0 Å². The Hall–Kier alpha value is -3.05. The highest BCUT2D eigenvalue weighted by Gasteiger charge is 2.21. The number of carbonyl (C=O) groups is 1. The summed E-state index contributed by atoms with van der Waals surface area (Å²) in [5.41, 5.74) is 4.13. The van der Waals surface area contributed by atoms with Gasteiger partial charge in [0.25, 0.3) is 0 Å². The van der Waals surface area contributed by atoms with Crippen molar-refractivity contribution in [3.05, 3.63) is 100 Å². The number of hydrogen-bond donors (Lipinski definition) is 2. The second-order valence-corrected chi connectivity index (χ2v) is 13.9. The van der Waals surface area contributed by atoms with Gasteiger partial charge in [-0.2, -0.15) is 11.8 Å². The molecule has 11 heteroatoms. The maximum Gasteiger partial charge on any atom is 0.323 e.